The van der Waals surface area contributed by atoms with Gasteiger partial charge < -0.3 is 4.74 Å². The zero-order chi connectivity index (χ0) is 28.4. The number of halogens is 5. The van der Waals surface area contributed by atoms with Crippen LogP contribution in [0.4, 0.5) is 22.0 Å². The first-order chi connectivity index (χ1) is 18.9. The number of hydrogen-bond acceptors (Lipinski definition) is 6. The lowest BCUT2D eigenvalue weighted by Crippen LogP contribution is -2.60. The molecule has 3 saturated heterocycles. The van der Waals surface area contributed by atoms with Crippen molar-refractivity contribution in [1.29, 1.82) is 0 Å². The number of ether oxygens (including phenoxy) is 1. The fourth-order valence-corrected chi connectivity index (χ4v) is 7.98. The van der Waals surface area contributed by atoms with Crippen molar-refractivity contribution >= 4 is 15.9 Å². The first-order valence-electron chi connectivity index (χ1n) is 14.2. The van der Waals surface area contributed by atoms with Gasteiger partial charge in [-0.3, -0.25) is 4.79 Å². The van der Waals surface area contributed by atoms with E-state index in [4.69, 9.17) is 4.74 Å². The Morgan fingerprint density at radius 2 is 1.68 bits per heavy atom. The van der Waals surface area contributed by atoms with Crippen LogP contribution in [-0.4, -0.2) is 67.3 Å². The average Bonchev–Trinajstić information content (AvgIpc) is 3.79. The summed E-state index contributed by atoms with van der Waals surface area (Å²) in [5.74, 6) is -2.90. The maximum Gasteiger partial charge on any atom is 0.393 e. The standard InChI is InChI=1S/C27H34F5N3O4S/c28-23-12-24(21(16-1-2-16)11-22(23)26(36)33-40(37,38)20-6-7-20)39-14-15-9-18-4-5-19(10-15)35(18)34-13-17(27(30,31)32)3-8-25(34)29/h11-12,15-20,25H,1-10,13-14H2,(H,33,36)/t15?,17?,18-,19+,25?. The number of nitrogens with zero attached hydrogens (tertiary/aromatic N) is 2. The van der Waals surface area contributed by atoms with Crippen LogP contribution in [0.25, 0.3) is 0 Å². The minimum atomic E-state index is -4.35. The van der Waals surface area contributed by atoms with Gasteiger partial charge in [0.1, 0.15) is 11.6 Å². The summed E-state index contributed by atoms with van der Waals surface area (Å²) in [5.41, 5.74) is 0.340. The summed E-state index contributed by atoms with van der Waals surface area (Å²) in [6.07, 6.45) is -0.621. The van der Waals surface area contributed by atoms with Gasteiger partial charge in [-0.1, -0.05) is 0 Å². The smallest absolute Gasteiger partial charge is 0.393 e. The van der Waals surface area contributed by atoms with Crippen LogP contribution >= 0.6 is 0 Å². The van der Waals surface area contributed by atoms with Crippen LogP contribution in [0.5, 0.6) is 5.75 Å². The molecule has 0 aromatic heterocycles. The first-order valence-corrected chi connectivity index (χ1v) is 15.7. The van der Waals surface area contributed by atoms with E-state index in [1.54, 1.807) is 0 Å². The van der Waals surface area contributed by atoms with Crippen LogP contribution in [-0.2, 0) is 10.0 Å². The number of piperidine rings is 2. The molecule has 1 amide bonds. The molecule has 1 aromatic rings. The third-order valence-electron chi connectivity index (χ3n) is 9.07. The van der Waals surface area contributed by atoms with Crippen molar-refractivity contribution in [2.24, 2.45) is 11.8 Å². The molecule has 1 N–H and O–H groups in total. The van der Waals surface area contributed by atoms with E-state index in [1.165, 1.54) is 11.1 Å². The van der Waals surface area contributed by atoms with E-state index in [2.05, 4.69) is 0 Å². The SMILES string of the molecule is O=C(NS(=O)(=O)C1CC1)c1cc(C2CC2)c(OCC2C[C@H]3CC[C@@H](C2)N3N2CC(C(F)(F)F)CCC2F)cc1F. The Bertz CT molecular complexity index is 1240. The summed E-state index contributed by atoms with van der Waals surface area (Å²) < 4.78 is 102. The fraction of sp³-hybridized carbons (Fsp3) is 0.741. The number of fused-ring (bicyclic) bond motifs is 2. The van der Waals surface area contributed by atoms with Gasteiger partial charge in [-0.05, 0) is 87.7 Å². The molecular formula is C27H34F5N3O4S. The van der Waals surface area contributed by atoms with E-state index in [0.29, 0.717) is 37.0 Å². The summed E-state index contributed by atoms with van der Waals surface area (Å²) in [6.45, 7) is -0.0867. The highest BCUT2D eigenvalue weighted by Crippen LogP contribution is 2.47. The molecule has 1 aromatic carbocycles. The van der Waals surface area contributed by atoms with Crippen molar-refractivity contribution in [3.63, 3.8) is 0 Å². The second-order valence-corrected chi connectivity index (χ2v) is 14.1. The number of hydrogen-bond donors (Lipinski definition) is 1. The predicted molar refractivity (Wildman–Crippen MR) is 135 cm³/mol. The number of amides is 1. The summed E-state index contributed by atoms with van der Waals surface area (Å²) >= 11 is 0. The topological polar surface area (TPSA) is 78.9 Å². The van der Waals surface area contributed by atoms with Gasteiger partial charge in [0, 0.05) is 24.7 Å². The van der Waals surface area contributed by atoms with E-state index in [9.17, 15) is 30.8 Å². The van der Waals surface area contributed by atoms with Crippen molar-refractivity contribution in [3.8, 4) is 5.75 Å². The molecule has 5 atom stereocenters. The molecule has 0 radical (unpaired) electrons. The quantitative estimate of drug-likeness (QED) is 0.338. The number of carbonyl (C=O) groups is 1. The lowest BCUT2D eigenvalue weighted by atomic mass is 9.91. The van der Waals surface area contributed by atoms with Crippen molar-refractivity contribution < 1.29 is 39.9 Å². The second-order valence-electron chi connectivity index (χ2n) is 12.1. The predicted octanol–water partition coefficient (Wildman–Crippen LogP) is 5.03. The number of alkyl halides is 4. The van der Waals surface area contributed by atoms with E-state index in [1.807, 2.05) is 9.73 Å². The van der Waals surface area contributed by atoms with Gasteiger partial charge in [0.25, 0.3) is 5.91 Å². The fourth-order valence-electron chi connectivity index (χ4n) is 6.68. The number of rotatable bonds is 8. The monoisotopic (exact) mass is 591 g/mol. The van der Waals surface area contributed by atoms with Gasteiger partial charge in [0.2, 0.25) is 10.0 Å². The summed E-state index contributed by atoms with van der Waals surface area (Å²) in [5, 5.41) is 2.57. The Hall–Kier alpha value is -1.99. The minimum absolute atomic E-state index is 0.0665. The third-order valence-corrected chi connectivity index (χ3v) is 10.9. The molecule has 2 aliphatic carbocycles. The molecule has 222 valence electrons. The minimum Gasteiger partial charge on any atom is -0.493 e. The lowest BCUT2D eigenvalue weighted by Gasteiger charge is -2.49. The van der Waals surface area contributed by atoms with Gasteiger partial charge in [-0.15, -0.1) is 0 Å². The lowest BCUT2D eigenvalue weighted by molar-refractivity contribution is -0.236. The zero-order valence-corrected chi connectivity index (χ0v) is 22.8. The molecule has 7 nitrogen and oxygen atoms in total. The van der Waals surface area contributed by atoms with Gasteiger partial charge >= 0.3 is 6.18 Å². The molecule has 40 heavy (non-hydrogen) atoms. The molecule has 3 aliphatic heterocycles. The highest BCUT2D eigenvalue weighted by atomic mass is 32.2. The van der Waals surface area contributed by atoms with Crippen LogP contribution < -0.4 is 9.46 Å². The zero-order valence-electron chi connectivity index (χ0n) is 22.0. The molecule has 3 unspecified atom stereocenters. The van der Waals surface area contributed by atoms with Crippen LogP contribution in [0.1, 0.15) is 86.0 Å². The van der Waals surface area contributed by atoms with Crippen molar-refractivity contribution in [1.82, 2.24) is 14.7 Å². The highest BCUT2D eigenvalue weighted by Gasteiger charge is 2.51. The van der Waals surface area contributed by atoms with Crippen LogP contribution in [0, 0.1) is 17.7 Å². The number of sulfonamides is 1. The Balaban J connectivity index is 1.11. The normalized spacial score (nSPS) is 31.8. The van der Waals surface area contributed by atoms with Crippen LogP contribution in [0.15, 0.2) is 12.1 Å². The molecule has 2 bridgehead atoms. The van der Waals surface area contributed by atoms with Crippen molar-refractivity contribution in [2.45, 2.75) is 99.9 Å². The van der Waals surface area contributed by atoms with Crippen LogP contribution in [0.2, 0.25) is 0 Å². The second kappa shape index (κ2) is 10.4. The Morgan fingerprint density at radius 1 is 1.00 bits per heavy atom. The Morgan fingerprint density at radius 3 is 2.27 bits per heavy atom. The van der Waals surface area contributed by atoms with Gasteiger partial charge in [0.05, 0.1) is 23.3 Å². The first kappa shape index (κ1) is 28.1. The molecule has 13 heteroatoms. The molecule has 0 spiro atoms. The van der Waals surface area contributed by atoms with E-state index < -0.39 is 45.4 Å². The van der Waals surface area contributed by atoms with Crippen molar-refractivity contribution in [2.75, 3.05) is 13.2 Å². The van der Waals surface area contributed by atoms with Crippen molar-refractivity contribution in [3.05, 3.63) is 29.1 Å². The largest absolute Gasteiger partial charge is 0.493 e. The summed E-state index contributed by atoms with van der Waals surface area (Å²) in [7, 11) is -3.82. The number of hydrazine groups is 1. The maximum absolute atomic E-state index is 15.0. The summed E-state index contributed by atoms with van der Waals surface area (Å²) in [4.78, 5) is 12.6. The van der Waals surface area contributed by atoms with E-state index >= 15 is 4.39 Å². The number of carbonyl (C=O) groups excluding carboxylic acids is 1. The van der Waals surface area contributed by atoms with Gasteiger partial charge in [-0.25, -0.2) is 31.9 Å². The van der Waals surface area contributed by atoms with Gasteiger partial charge in [0.15, 0.2) is 6.30 Å². The summed E-state index contributed by atoms with van der Waals surface area (Å²) in [6, 6.07) is 2.39. The molecule has 2 saturated carbocycles. The molecule has 5 fully saturated rings. The average molecular weight is 592 g/mol. The van der Waals surface area contributed by atoms with Crippen LogP contribution in [0.3, 0.4) is 0 Å². The van der Waals surface area contributed by atoms with Gasteiger partial charge in [-0.2, -0.15) is 13.2 Å². The maximum atomic E-state index is 15.0. The third kappa shape index (κ3) is 5.70. The molecule has 6 rings (SSSR count). The molecule has 3 heterocycles. The Kier molecular flexibility index (Phi) is 7.30. The van der Waals surface area contributed by atoms with E-state index in [-0.39, 0.29) is 55.5 Å². The number of nitrogens with one attached hydrogen (secondary N) is 1. The molecule has 5 aliphatic rings. The number of benzene rings is 1. The van der Waals surface area contributed by atoms with E-state index in [0.717, 1.165) is 31.7 Å². The highest BCUT2D eigenvalue weighted by molar-refractivity contribution is 7.91. The Labute approximate surface area is 230 Å². The molecular weight excluding hydrogens is 557 g/mol.